The Bertz CT molecular complexity index is 1290. The summed E-state index contributed by atoms with van der Waals surface area (Å²) in [6, 6.07) is 7.75. The predicted molar refractivity (Wildman–Crippen MR) is 119 cm³/mol. The summed E-state index contributed by atoms with van der Waals surface area (Å²) in [6.07, 6.45) is 0.0376. The van der Waals surface area contributed by atoms with Crippen LogP contribution in [0.2, 0.25) is 0 Å². The molecule has 0 N–H and O–H groups in total. The van der Waals surface area contributed by atoms with Crippen LogP contribution in [0.1, 0.15) is 29.9 Å². The van der Waals surface area contributed by atoms with Gasteiger partial charge in [-0.1, -0.05) is 12.1 Å². The molecular formula is C21H26N4O6S. The van der Waals surface area contributed by atoms with Crippen molar-refractivity contribution in [3.63, 3.8) is 0 Å². The van der Waals surface area contributed by atoms with Crippen LogP contribution in [0, 0.1) is 0 Å². The van der Waals surface area contributed by atoms with Crippen LogP contribution in [0.15, 0.2) is 33.9 Å². The standard InChI is InChI=1S/C21H26N4O6S/c1-22-18-17(15-12-16(19(18)31-15)32(3,28)29)20(26)25(21(22)27)24-10-8-23(9-11-24)13-6-4-5-7-14(13)30-2/h4-7,15-16,19H,8-12H2,1-3H3/t15-,16-,19+/m1/s1. The maximum atomic E-state index is 13.4. The maximum Gasteiger partial charge on any atom is 0.350 e. The summed E-state index contributed by atoms with van der Waals surface area (Å²) in [5, 5.41) is 1.03. The Morgan fingerprint density at radius 2 is 1.78 bits per heavy atom. The second kappa shape index (κ2) is 7.38. The van der Waals surface area contributed by atoms with Crippen molar-refractivity contribution in [1.29, 1.82) is 0 Å². The fourth-order valence-corrected chi connectivity index (χ4v) is 6.31. The van der Waals surface area contributed by atoms with E-state index in [9.17, 15) is 18.0 Å². The molecule has 4 heterocycles. The van der Waals surface area contributed by atoms with Crippen LogP contribution in [0.3, 0.4) is 0 Å². The number of piperazine rings is 1. The third-order valence-electron chi connectivity index (χ3n) is 6.73. The van der Waals surface area contributed by atoms with Gasteiger partial charge < -0.3 is 19.4 Å². The van der Waals surface area contributed by atoms with Crippen LogP contribution in [-0.4, -0.2) is 62.5 Å². The summed E-state index contributed by atoms with van der Waals surface area (Å²) in [5.41, 5.74) is 0.886. The summed E-state index contributed by atoms with van der Waals surface area (Å²) in [5.74, 6) is 0.778. The van der Waals surface area contributed by atoms with E-state index in [4.69, 9.17) is 9.47 Å². The van der Waals surface area contributed by atoms with E-state index in [1.165, 1.54) is 15.5 Å². The molecule has 5 rings (SSSR count). The fourth-order valence-electron chi connectivity index (χ4n) is 5.14. The highest BCUT2D eigenvalue weighted by Crippen LogP contribution is 2.51. The van der Waals surface area contributed by atoms with Crippen molar-refractivity contribution >= 4 is 15.5 Å². The van der Waals surface area contributed by atoms with Crippen molar-refractivity contribution in [3.05, 3.63) is 56.4 Å². The summed E-state index contributed by atoms with van der Waals surface area (Å²) in [6.45, 7) is 2.19. The van der Waals surface area contributed by atoms with Crippen LogP contribution in [0.25, 0.3) is 0 Å². The van der Waals surface area contributed by atoms with Crippen molar-refractivity contribution < 1.29 is 17.9 Å². The van der Waals surface area contributed by atoms with Crippen molar-refractivity contribution in [1.82, 2.24) is 9.24 Å². The molecule has 10 nitrogen and oxygen atoms in total. The highest BCUT2D eigenvalue weighted by Gasteiger charge is 2.53. The average molecular weight is 463 g/mol. The lowest BCUT2D eigenvalue weighted by Crippen LogP contribution is -2.60. The smallest absolute Gasteiger partial charge is 0.350 e. The van der Waals surface area contributed by atoms with Gasteiger partial charge in [-0.15, -0.1) is 0 Å². The lowest BCUT2D eigenvalue weighted by atomic mass is 9.96. The molecular weight excluding hydrogens is 436 g/mol. The van der Waals surface area contributed by atoms with Gasteiger partial charge >= 0.3 is 5.69 Å². The van der Waals surface area contributed by atoms with Gasteiger partial charge in [0.2, 0.25) is 0 Å². The number of methoxy groups -OCH3 is 1. The van der Waals surface area contributed by atoms with Crippen molar-refractivity contribution in [2.24, 2.45) is 7.05 Å². The first-order chi connectivity index (χ1) is 15.2. The quantitative estimate of drug-likeness (QED) is 0.623. The van der Waals surface area contributed by atoms with Gasteiger partial charge in [-0.3, -0.25) is 9.36 Å². The number of hydrogen-bond donors (Lipinski definition) is 0. The fraction of sp³-hybridized carbons (Fsp3) is 0.524. The molecule has 3 aliphatic rings. The van der Waals surface area contributed by atoms with Crippen molar-refractivity contribution in [2.45, 2.75) is 23.9 Å². The molecule has 2 bridgehead atoms. The Labute approximate surface area is 185 Å². The number of aromatic nitrogens is 2. The molecule has 1 aromatic heterocycles. The van der Waals surface area contributed by atoms with Gasteiger partial charge in [-0.2, -0.15) is 4.68 Å². The second-order valence-corrected chi connectivity index (χ2v) is 10.8. The molecule has 11 heteroatoms. The van der Waals surface area contributed by atoms with E-state index >= 15 is 0 Å². The maximum absolute atomic E-state index is 13.4. The third kappa shape index (κ3) is 3.06. The van der Waals surface area contributed by atoms with Gasteiger partial charge in [0.15, 0.2) is 9.84 Å². The number of anilines is 1. The molecule has 3 atom stereocenters. The van der Waals surface area contributed by atoms with E-state index in [0.29, 0.717) is 37.4 Å². The topological polar surface area (TPSA) is 103 Å². The van der Waals surface area contributed by atoms with Gasteiger partial charge in [0, 0.05) is 26.4 Å². The number of hydrogen-bond acceptors (Lipinski definition) is 8. The summed E-state index contributed by atoms with van der Waals surface area (Å²) >= 11 is 0. The summed E-state index contributed by atoms with van der Waals surface area (Å²) in [7, 11) is -0.156. The largest absolute Gasteiger partial charge is 0.495 e. The van der Waals surface area contributed by atoms with E-state index in [-0.39, 0.29) is 6.42 Å². The SMILES string of the molecule is COc1ccccc1N1CCN(n2c(=O)c3c(n(C)c2=O)[C@H]2O[C@@H]3C[C@H]2S(C)(=O)=O)CC1. The van der Waals surface area contributed by atoms with Gasteiger partial charge in [-0.25, -0.2) is 13.2 Å². The Hall–Kier alpha value is -2.79. The molecule has 0 saturated carbocycles. The number of fused-ring (bicyclic) bond motifs is 5. The number of ether oxygens (including phenoxy) is 2. The van der Waals surface area contributed by atoms with E-state index < -0.39 is 38.5 Å². The molecule has 0 unspecified atom stereocenters. The Morgan fingerprint density at radius 3 is 2.44 bits per heavy atom. The minimum Gasteiger partial charge on any atom is -0.495 e. The van der Waals surface area contributed by atoms with Gasteiger partial charge in [0.25, 0.3) is 5.56 Å². The minimum absolute atomic E-state index is 0.242. The highest BCUT2D eigenvalue weighted by atomic mass is 32.2. The monoisotopic (exact) mass is 462 g/mol. The first kappa shape index (κ1) is 21.1. The minimum atomic E-state index is -3.36. The second-order valence-electron chi connectivity index (χ2n) is 8.52. The van der Waals surface area contributed by atoms with Crippen LogP contribution in [0.5, 0.6) is 5.75 Å². The number of sulfone groups is 1. The Balaban J connectivity index is 1.46. The third-order valence-corrected chi connectivity index (χ3v) is 8.27. The highest BCUT2D eigenvalue weighted by molar-refractivity contribution is 7.91. The molecule has 0 radical (unpaired) electrons. The Kier molecular flexibility index (Phi) is 4.86. The molecule has 0 spiro atoms. The summed E-state index contributed by atoms with van der Waals surface area (Å²) < 4.78 is 38.2. The van der Waals surface area contributed by atoms with E-state index in [2.05, 4.69) is 4.90 Å². The number of nitrogens with zero attached hydrogens (tertiary/aromatic N) is 4. The predicted octanol–water partition coefficient (Wildman–Crippen LogP) is -0.0569. The zero-order valence-electron chi connectivity index (χ0n) is 18.2. The molecule has 0 aliphatic carbocycles. The molecule has 0 amide bonds. The molecule has 1 aromatic carbocycles. The number of benzene rings is 1. The first-order valence-electron chi connectivity index (χ1n) is 10.6. The van der Waals surface area contributed by atoms with Gasteiger partial charge in [0.05, 0.1) is 48.5 Å². The van der Waals surface area contributed by atoms with Crippen LogP contribution in [0.4, 0.5) is 5.69 Å². The van der Waals surface area contributed by atoms with Gasteiger partial charge in [-0.05, 0) is 18.6 Å². The number of rotatable bonds is 4. The van der Waals surface area contributed by atoms with Crippen LogP contribution >= 0.6 is 0 Å². The van der Waals surface area contributed by atoms with Crippen molar-refractivity contribution in [2.75, 3.05) is 49.5 Å². The number of para-hydroxylation sites is 2. The molecule has 2 saturated heterocycles. The van der Waals surface area contributed by atoms with Crippen LogP contribution < -0.4 is 25.9 Å². The van der Waals surface area contributed by atoms with E-state index in [0.717, 1.165) is 11.4 Å². The van der Waals surface area contributed by atoms with Crippen molar-refractivity contribution in [3.8, 4) is 5.75 Å². The molecule has 32 heavy (non-hydrogen) atoms. The normalized spacial score (nSPS) is 24.7. The summed E-state index contributed by atoms with van der Waals surface area (Å²) in [4.78, 5) is 28.7. The van der Waals surface area contributed by atoms with E-state index in [1.807, 2.05) is 24.3 Å². The van der Waals surface area contributed by atoms with Gasteiger partial charge in [0.1, 0.15) is 11.9 Å². The molecule has 2 fully saturated rings. The van der Waals surface area contributed by atoms with Crippen LogP contribution in [-0.2, 0) is 21.6 Å². The average Bonchev–Trinajstić information content (AvgIpc) is 3.38. The van der Waals surface area contributed by atoms with E-state index in [1.54, 1.807) is 19.2 Å². The molecule has 172 valence electrons. The lowest BCUT2D eigenvalue weighted by molar-refractivity contribution is 0.0695. The molecule has 2 aromatic rings. The lowest BCUT2D eigenvalue weighted by Gasteiger charge is -2.38. The zero-order chi connectivity index (χ0) is 22.8. The molecule has 3 aliphatic heterocycles. The first-order valence-corrected chi connectivity index (χ1v) is 12.5. The Morgan fingerprint density at radius 1 is 1.09 bits per heavy atom. The zero-order valence-corrected chi connectivity index (χ0v) is 19.0.